The highest BCUT2D eigenvalue weighted by Gasteiger charge is 2.25. The van der Waals surface area contributed by atoms with Crippen molar-refractivity contribution in [1.29, 1.82) is 5.26 Å². The first-order chi connectivity index (χ1) is 15.9. The molecular formula is C25H30N4O2S2. The first-order valence-electron chi connectivity index (χ1n) is 11.5. The molecule has 0 N–H and O–H groups in total. The monoisotopic (exact) mass is 482 g/mol. The van der Waals surface area contributed by atoms with Gasteiger partial charge in [0.1, 0.15) is 0 Å². The van der Waals surface area contributed by atoms with E-state index in [0.717, 1.165) is 47.4 Å². The molecule has 3 aromatic rings. The highest BCUT2D eigenvalue weighted by Crippen LogP contribution is 2.38. The second-order valence-electron chi connectivity index (χ2n) is 8.63. The van der Waals surface area contributed by atoms with Crippen LogP contribution in [0, 0.1) is 11.3 Å². The molecule has 1 aromatic heterocycles. The summed E-state index contributed by atoms with van der Waals surface area (Å²) in [6, 6.07) is 15.6. The molecule has 0 amide bonds. The minimum Gasteiger partial charge on any atom is -0.316 e. The third kappa shape index (κ3) is 5.11. The summed E-state index contributed by atoms with van der Waals surface area (Å²) in [6.07, 6.45) is 6.41. The highest BCUT2D eigenvalue weighted by atomic mass is 32.2. The summed E-state index contributed by atoms with van der Waals surface area (Å²) in [5, 5.41) is 10.1. The molecule has 0 spiro atoms. The van der Waals surface area contributed by atoms with E-state index in [0.29, 0.717) is 28.8 Å². The van der Waals surface area contributed by atoms with Crippen LogP contribution in [0.1, 0.15) is 62.6 Å². The lowest BCUT2D eigenvalue weighted by atomic mass is 10.2. The number of thioether (sulfide) groups is 1. The Bertz CT molecular complexity index is 1270. The maximum absolute atomic E-state index is 13.1. The van der Waals surface area contributed by atoms with Crippen molar-refractivity contribution in [3.05, 3.63) is 53.6 Å². The Balaban J connectivity index is 1.68. The fraction of sp³-hybridized carbons (Fsp3) is 0.440. The van der Waals surface area contributed by atoms with Gasteiger partial charge in [0.15, 0.2) is 5.16 Å². The number of nitriles is 1. The standard InChI is InChI=1S/C25H30N4O2S2/c1-3-4-14-28(2)33(30,31)22-12-13-24-23(16-22)27-25(29(24)21-10-5-6-11-21)32-18-20-9-7-8-19(15-20)17-26/h7-9,12-13,15-16,21H,3-6,10-11,14,18H2,1-2H3. The van der Waals surface area contributed by atoms with Crippen molar-refractivity contribution in [3.8, 4) is 6.07 Å². The van der Waals surface area contributed by atoms with Crippen LogP contribution in [0.15, 0.2) is 52.5 Å². The van der Waals surface area contributed by atoms with E-state index in [4.69, 9.17) is 4.98 Å². The van der Waals surface area contributed by atoms with Gasteiger partial charge in [-0.2, -0.15) is 5.26 Å². The van der Waals surface area contributed by atoms with Gasteiger partial charge in [0.25, 0.3) is 0 Å². The minimum absolute atomic E-state index is 0.294. The molecule has 2 aromatic carbocycles. The largest absolute Gasteiger partial charge is 0.316 e. The first kappa shape index (κ1) is 23.8. The Morgan fingerprint density at radius 2 is 2.00 bits per heavy atom. The van der Waals surface area contributed by atoms with Gasteiger partial charge in [-0.1, -0.05) is 50.1 Å². The fourth-order valence-corrected chi connectivity index (χ4v) is 6.65. The predicted molar refractivity (Wildman–Crippen MR) is 133 cm³/mol. The number of nitrogens with zero attached hydrogens (tertiary/aromatic N) is 4. The lowest BCUT2D eigenvalue weighted by Crippen LogP contribution is -2.27. The third-order valence-corrected chi connectivity index (χ3v) is 9.15. The number of rotatable bonds is 9. The summed E-state index contributed by atoms with van der Waals surface area (Å²) in [7, 11) is -1.90. The van der Waals surface area contributed by atoms with Crippen LogP contribution in [0.5, 0.6) is 0 Å². The van der Waals surface area contributed by atoms with Crippen LogP contribution in [0.4, 0.5) is 0 Å². The van der Waals surface area contributed by atoms with Gasteiger partial charge < -0.3 is 4.57 Å². The van der Waals surface area contributed by atoms with E-state index in [9.17, 15) is 13.7 Å². The Kier molecular flexibility index (Phi) is 7.42. The van der Waals surface area contributed by atoms with Gasteiger partial charge in [-0.25, -0.2) is 17.7 Å². The molecule has 0 bridgehead atoms. The van der Waals surface area contributed by atoms with Crippen molar-refractivity contribution in [2.75, 3.05) is 13.6 Å². The van der Waals surface area contributed by atoms with Gasteiger partial charge in [0, 0.05) is 25.4 Å². The van der Waals surface area contributed by atoms with Gasteiger partial charge in [0.05, 0.1) is 27.6 Å². The second-order valence-corrected chi connectivity index (χ2v) is 11.6. The van der Waals surface area contributed by atoms with Crippen molar-refractivity contribution in [3.63, 3.8) is 0 Å². The number of hydrogen-bond acceptors (Lipinski definition) is 5. The Morgan fingerprint density at radius 1 is 1.21 bits per heavy atom. The SMILES string of the molecule is CCCCN(C)S(=O)(=O)c1ccc2c(c1)nc(SCc1cccc(C#N)c1)n2C1CCCC1. The molecule has 4 rings (SSSR count). The summed E-state index contributed by atoms with van der Waals surface area (Å²) in [6.45, 7) is 2.56. The van der Waals surface area contributed by atoms with Gasteiger partial charge in [0.2, 0.25) is 10.0 Å². The Labute approximate surface area is 200 Å². The minimum atomic E-state index is -3.54. The summed E-state index contributed by atoms with van der Waals surface area (Å²) in [4.78, 5) is 5.18. The van der Waals surface area contributed by atoms with E-state index < -0.39 is 10.0 Å². The lowest BCUT2D eigenvalue weighted by molar-refractivity contribution is 0.459. The summed E-state index contributed by atoms with van der Waals surface area (Å²) in [5.74, 6) is 0.705. The number of fused-ring (bicyclic) bond motifs is 1. The van der Waals surface area contributed by atoms with Crippen LogP contribution in [-0.4, -0.2) is 35.9 Å². The smallest absolute Gasteiger partial charge is 0.242 e. The van der Waals surface area contributed by atoms with E-state index in [2.05, 4.69) is 17.6 Å². The van der Waals surface area contributed by atoms with E-state index in [1.54, 1.807) is 37.0 Å². The van der Waals surface area contributed by atoms with Crippen LogP contribution < -0.4 is 0 Å². The summed E-state index contributed by atoms with van der Waals surface area (Å²) < 4.78 is 29.9. The summed E-state index contributed by atoms with van der Waals surface area (Å²) in [5.41, 5.74) is 3.44. The summed E-state index contributed by atoms with van der Waals surface area (Å²) >= 11 is 1.65. The number of hydrogen-bond donors (Lipinski definition) is 0. The zero-order valence-electron chi connectivity index (χ0n) is 19.2. The molecule has 0 atom stereocenters. The molecule has 174 valence electrons. The number of benzene rings is 2. The third-order valence-electron chi connectivity index (χ3n) is 6.28. The lowest BCUT2D eigenvalue weighted by Gasteiger charge is -2.18. The van der Waals surface area contributed by atoms with Crippen molar-refractivity contribution < 1.29 is 8.42 Å². The average Bonchev–Trinajstić information content (AvgIpc) is 3.48. The van der Waals surface area contributed by atoms with Gasteiger partial charge >= 0.3 is 0 Å². The normalized spacial score (nSPS) is 14.8. The van der Waals surface area contributed by atoms with Gasteiger partial charge in [-0.3, -0.25) is 0 Å². The topological polar surface area (TPSA) is 79.0 Å². The molecule has 8 heteroatoms. The van der Waals surface area contributed by atoms with E-state index >= 15 is 0 Å². The molecule has 1 saturated carbocycles. The number of sulfonamides is 1. The predicted octanol–water partition coefficient (Wildman–Crippen LogP) is 5.74. The fourth-order valence-electron chi connectivity index (χ4n) is 4.39. The maximum atomic E-state index is 13.1. The molecule has 33 heavy (non-hydrogen) atoms. The quantitative estimate of drug-likeness (QED) is 0.364. The van der Waals surface area contributed by atoms with Crippen LogP contribution >= 0.6 is 11.8 Å². The van der Waals surface area contributed by atoms with E-state index in [1.165, 1.54) is 17.1 Å². The van der Waals surface area contributed by atoms with Crippen molar-refractivity contribution in [1.82, 2.24) is 13.9 Å². The molecule has 1 fully saturated rings. The number of aromatic nitrogens is 2. The molecule has 0 saturated heterocycles. The molecular weight excluding hydrogens is 452 g/mol. The molecule has 1 aliphatic carbocycles. The molecule has 0 radical (unpaired) electrons. The molecule has 0 unspecified atom stereocenters. The highest BCUT2D eigenvalue weighted by molar-refractivity contribution is 7.98. The number of unbranched alkanes of at least 4 members (excludes halogenated alkanes) is 1. The molecule has 1 heterocycles. The maximum Gasteiger partial charge on any atom is 0.242 e. The first-order valence-corrected chi connectivity index (χ1v) is 14.0. The second kappa shape index (κ2) is 10.3. The van der Waals surface area contributed by atoms with E-state index in [-0.39, 0.29) is 0 Å². The van der Waals surface area contributed by atoms with Crippen LogP contribution in [0.3, 0.4) is 0 Å². The Morgan fingerprint density at radius 3 is 2.73 bits per heavy atom. The van der Waals surface area contributed by atoms with Crippen LogP contribution in [0.2, 0.25) is 0 Å². The van der Waals surface area contributed by atoms with Crippen molar-refractivity contribution in [2.45, 2.75) is 67.3 Å². The van der Waals surface area contributed by atoms with Crippen molar-refractivity contribution >= 4 is 32.8 Å². The van der Waals surface area contributed by atoms with E-state index in [1.807, 2.05) is 24.3 Å². The van der Waals surface area contributed by atoms with Gasteiger partial charge in [-0.15, -0.1) is 0 Å². The van der Waals surface area contributed by atoms with Crippen LogP contribution in [-0.2, 0) is 15.8 Å². The van der Waals surface area contributed by atoms with Crippen LogP contribution in [0.25, 0.3) is 11.0 Å². The zero-order valence-corrected chi connectivity index (χ0v) is 20.8. The van der Waals surface area contributed by atoms with Crippen molar-refractivity contribution in [2.24, 2.45) is 0 Å². The van der Waals surface area contributed by atoms with Gasteiger partial charge in [-0.05, 0) is 55.2 Å². The molecule has 0 aliphatic heterocycles. The zero-order chi connectivity index (χ0) is 23.4. The molecule has 1 aliphatic rings. The average molecular weight is 483 g/mol. The number of imidazole rings is 1. The molecule has 6 nitrogen and oxygen atoms in total. The Hall–Kier alpha value is -2.34.